The maximum atomic E-state index is 12.6. The Balaban J connectivity index is 1.66. The van der Waals surface area contributed by atoms with Crippen LogP contribution in [-0.4, -0.2) is 34.1 Å². The normalized spacial score (nSPS) is 19.1. The molecule has 3 rings (SSSR count). The number of amides is 1. The van der Waals surface area contributed by atoms with Crippen LogP contribution in [0, 0.1) is 0 Å². The highest BCUT2D eigenvalue weighted by Gasteiger charge is 2.35. The lowest BCUT2D eigenvalue weighted by molar-refractivity contribution is -0.141. The van der Waals surface area contributed by atoms with Crippen molar-refractivity contribution in [3.05, 3.63) is 39.8 Å². The highest BCUT2D eigenvalue weighted by molar-refractivity contribution is 7.10. The predicted molar refractivity (Wildman–Crippen MR) is 80.2 cm³/mol. The van der Waals surface area contributed by atoms with Gasteiger partial charge in [0.25, 0.3) is 0 Å². The molecule has 0 aromatic carbocycles. The van der Waals surface area contributed by atoms with Gasteiger partial charge in [-0.25, -0.2) is 0 Å². The number of carbonyl (C=O) groups is 1. The van der Waals surface area contributed by atoms with Crippen LogP contribution in [0.15, 0.2) is 23.6 Å². The quantitative estimate of drug-likeness (QED) is 0.928. The molecule has 0 spiro atoms. The van der Waals surface area contributed by atoms with Gasteiger partial charge < -0.3 is 4.90 Å². The number of H-pyrrole nitrogens is 1. The van der Waals surface area contributed by atoms with Gasteiger partial charge in [-0.05, 0) is 30.4 Å². The molecule has 1 amide bonds. The lowest BCUT2D eigenvalue weighted by atomic mass is 9.94. The molecule has 3 heterocycles. The second-order valence-electron chi connectivity index (χ2n) is 5.64. The summed E-state index contributed by atoms with van der Waals surface area (Å²) in [6, 6.07) is 4.86. The van der Waals surface area contributed by atoms with Gasteiger partial charge in [0.15, 0.2) is 5.69 Å². The third-order valence-electron chi connectivity index (χ3n) is 4.01. The summed E-state index contributed by atoms with van der Waals surface area (Å²) in [5, 5.41) is 7.74. The minimum atomic E-state index is -4.45. The predicted octanol–water partition coefficient (Wildman–Crippen LogP) is 3.44. The number of piperidine rings is 1. The Hall–Kier alpha value is -1.83. The van der Waals surface area contributed by atoms with Gasteiger partial charge >= 0.3 is 6.18 Å². The zero-order chi connectivity index (χ0) is 16.4. The van der Waals surface area contributed by atoms with Crippen molar-refractivity contribution < 1.29 is 18.0 Å². The van der Waals surface area contributed by atoms with Crippen molar-refractivity contribution in [1.82, 2.24) is 15.1 Å². The third kappa shape index (κ3) is 3.74. The van der Waals surface area contributed by atoms with Crippen molar-refractivity contribution in [2.24, 2.45) is 0 Å². The van der Waals surface area contributed by atoms with Crippen LogP contribution < -0.4 is 0 Å². The Morgan fingerprint density at radius 2 is 2.30 bits per heavy atom. The van der Waals surface area contributed by atoms with E-state index >= 15 is 0 Å². The number of aromatic nitrogens is 2. The van der Waals surface area contributed by atoms with Crippen molar-refractivity contribution in [3.63, 3.8) is 0 Å². The number of rotatable bonds is 3. The molecule has 1 fully saturated rings. The molecule has 1 N–H and O–H groups in total. The molecule has 2 aromatic heterocycles. The first kappa shape index (κ1) is 16.0. The van der Waals surface area contributed by atoms with E-state index in [1.807, 2.05) is 17.5 Å². The number of carbonyl (C=O) groups excluding carboxylic acids is 1. The summed E-state index contributed by atoms with van der Waals surface area (Å²) in [5.74, 6) is -0.104. The number of hydrogen-bond acceptors (Lipinski definition) is 3. The summed E-state index contributed by atoms with van der Waals surface area (Å²) in [4.78, 5) is 15.1. The monoisotopic (exact) mass is 343 g/mol. The summed E-state index contributed by atoms with van der Waals surface area (Å²) in [6.45, 7) is 1.09. The number of thiophene rings is 1. The van der Waals surface area contributed by atoms with Crippen LogP contribution in [0.1, 0.15) is 35.0 Å². The summed E-state index contributed by atoms with van der Waals surface area (Å²) in [6.07, 6.45) is -2.57. The fourth-order valence-corrected chi connectivity index (χ4v) is 3.52. The van der Waals surface area contributed by atoms with Gasteiger partial charge in [0.1, 0.15) is 0 Å². The molecule has 23 heavy (non-hydrogen) atoms. The lowest BCUT2D eigenvalue weighted by Crippen LogP contribution is -2.39. The maximum Gasteiger partial charge on any atom is 0.435 e. The van der Waals surface area contributed by atoms with Gasteiger partial charge in [0, 0.05) is 29.6 Å². The minimum absolute atomic E-state index is 0.0210. The molecule has 0 saturated carbocycles. The number of nitrogens with one attached hydrogen (secondary N) is 1. The SMILES string of the molecule is O=C(Cc1cccs1)N1CCCC(c2cc(C(F)(F)F)n[nH]2)C1. The zero-order valence-electron chi connectivity index (χ0n) is 12.3. The van der Waals surface area contributed by atoms with Crippen LogP contribution in [0.4, 0.5) is 13.2 Å². The number of halogens is 3. The van der Waals surface area contributed by atoms with Gasteiger partial charge in [-0.15, -0.1) is 11.3 Å². The average Bonchev–Trinajstić information content (AvgIpc) is 3.18. The Bertz CT molecular complexity index is 666. The van der Waals surface area contributed by atoms with Crippen LogP contribution in [-0.2, 0) is 17.4 Å². The molecule has 4 nitrogen and oxygen atoms in total. The van der Waals surface area contributed by atoms with E-state index in [2.05, 4.69) is 10.2 Å². The lowest BCUT2D eigenvalue weighted by Gasteiger charge is -2.32. The summed E-state index contributed by atoms with van der Waals surface area (Å²) < 4.78 is 37.9. The molecule has 8 heteroatoms. The van der Waals surface area contributed by atoms with Crippen molar-refractivity contribution in [1.29, 1.82) is 0 Å². The fourth-order valence-electron chi connectivity index (χ4n) is 2.82. The molecule has 0 radical (unpaired) electrons. The third-order valence-corrected chi connectivity index (χ3v) is 4.88. The van der Waals surface area contributed by atoms with E-state index < -0.39 is 11.9 Å². The van der Waals surface area contributed by atoms with Gasteiger partial charge in [-0.3, -0.25) is 9.89 Å². The van der Waals surface area contributed by atoms with Crippen LogP contribution in [0.3, 0.4) is 0 Å². The van der Waals surface area contributed by atoms with E-state index in [1.165, 1.54) is 11.3 Å². The van der Waals surface area contributed by atoms with Crippen molar-refractivity contribution in [2.75, 3.05) is 13.1 Å². The van der Waals surface area contributed by atoms with E-state index in [4.69, 9.17) is 0 Å². The molecule has 124 valence electrons. The summed E-state index contributed by atoms with van der Waals surface area (Å²) in [5.41, 5.74) is -0.458. The highest BCUT2D eigenvalue weighted by atomic mass is 32.1. The molecular formula is C15H16F3N3OS. The Kier molecular flexibility index (Phi) is 4.43. The number of aromatic amines is 1. The number of alkyl halides is 3. The van der Waals surface area contributed by atoms with Crippen LogP contribution >= 0.6 is 11.3 Å². The minimum Gasteiger partial charge on any atom is -0.342 e. The van der Waals surface area contributed by atoms with Crippen LogP contribution in [0.2, 0.25) is 0 Å². The zero-order valence-corrected chi connectivity index (χ0v) is 13.1. The Morgan fingerprint density at radius 1 is 1.48 bits per heavy atom. The number of nitrogens with zero attached hydrogens (tertiary/aromatic N) is 2. The van der Waals surface area contributed by atoms with E-state index in [1.54, 1.807) is 4.90 Å². The average molecular weight is 343 g/mol. The second kappa shape index (κ2) is 6.35. The van der Waals surface area contributed by atoms with Crippen molar-refractivity contribution in [2.45, 2.75) is 31.4 Å². The standard InChI is InChI=1S/C15H16F3N3OS/c16-15(17,18)13-8-12(19-20-13)10-3-1-5-21(9-10)14(22)7-11-4-2-6-23-11/h2,4,6,8,10H,1,3,5,7,9H2,(H,19,20). The Labute approximate surface area is 135 Å². The Morgan fingerprint density at radius 3 is 2.96 bits per heavy atom. The first-order chi connectivity index (χ1) is 10.9. The van der Waals surface area contributed by atoms with E-state index in [-0.39, 0.29) is 11.8 Å². The van der Waals surface area contributed by atoms with Gasteiger partial charge in [0.05, 0.1) is 6.42 Å². The molecule has 1 aliphatic heterocycles. The molecule has 1 saturated heterocycles. The molecule has 0 aliphatic carbocycles. The molecule has 1 unspecified atom stereocenters. The molecule has 1 atom stereocenters. The number of hydrogen-bond donors (Lipinski definition) is 1. The van der Waals surface area contributed by atoms with E-state index in [9.17, 15) is 18.0 Å². The van der Waals surface area contributed by atoms with E-state index in [0.29, 0.717) is 25.2 Å². The van der Waals surface area contributed by atoms with Crippen molar-refractivity contribution in [3.8, 4) is 0 Å². The van der Waals surface area contributed by atoms with E-state index in [0.717, 1.165) is 23.8 Å². The van der Waals surface area contributed by atoms with Crippen LogP contribution in [0.5, 0.6) is 0 Å². The summed E-state index contributed by atoms with van der Waals surface area (Å²) >= 11 is 1.53. The molecule has 0 bridgehead atoms. The molecule has 2 aromatic rings. The maximum absolute atomic E-state index is 12.6. The van der Waals surface area contributed by atoms with Gasteiger partial charge in [-0.1, -0.05) is 6.07 Å². The highest BCUT2D eigenvalue weighted by Crippen LogP contribution is 2.32. The first-order valence-electron chi connectivity index (χ1n) is 7.36. The van der Waals surface area contributed by atoms with Crippen LogP contribution in [0.25, 0.3) is 0 Å². The first-order valence-corrected chi connectivity index (χ1v) is 8.24. The van der Waals surface area contributed by atoms with Crippen molar-refractivity contribution >= 4 is 17.2 Å². The van der Waals surface area contributed by atoms with Gasteiger partial charge in [-0.2, -0.15) is 18.3 Å². The largest absolute Gasteiger partial charge is 0.435 e. The number of likely N-dealkylation sites (tertiary alicyclic amines) is 1. The molecule has 1 aliphatic rings. The smallest absolute Gasteiger partial charge is 0.342 e. The summed E-state index contributed by atoms with van der Waals surface area (Å²) in [7, 11) is 0. The fraction of sp³-hybridized carbons (Fsp3) is 0.467. The van der Waals surface area contributed by atoms with Gasteiger partial charge in [0.2, 0.25) is 5.91 Å². The second-order valence-corrected chi connectivity index (χ2v) is 6.67. The molecular weight excluding hydrogens is 327 g/mol. The topological polar surface area (TPSA) is 49.0 Å².